The molecule has 3 aromatic carbocycles. The first-order chi connectivity index (χ1) is 17.6. The van der Waals surface area contributed by atoms with Crippen LogP contribution in [0.5, 0.6) is 17.2 Å². The molecule has 0 amide bonds. The van der Waals surface area contributed by atoms with Crippen LogP contribution in [0.15, 0.2) is 54.7 Å². The first-order valence-electron chi connectivity index (χ1n) is 11.8. The summed E-state index contributed by atoms with van der Waals surface area (Å²) in [6, 6.07) is 14.8. The van der Waals surface area contributed by atoms with Gasteiger partial charge in [0.25, 0.3) is 0 Å². The topological polar surface area (TPSA) is 65.9 Å². The average Bonchev–Trinajstić information content (AvgIpc) is 2.93. The van der Waals surface area contributed by atoms with Gasteiger partial charge in [0.15, 0.2) is 11.5 Å². The highest BCUT2D eigenvalue weighted by Crippen LogP contribution is 2.41. The van der Waals surface area contributed by atoms with Gasteiger partial charge in [-0.2, -0.15) is 0 Å². The molecule has 0 saturated carbocycles. The number of ether oxygens (including phenoxy) is 4. The number of nitrogens with zero attached hydrogens (tertiary/aromatic N) is 3. The lowest BCUT2D eigenvalue weighted by Crippen LogP contribution is -2.35. The zero-order valence-electron chi connectivity index (χ0n) is 20.6. The lowest BCUT2D eigenvalue weighted by molar-refractivity contribution is 0.0337. The monoisotopic (exact) mass is 489 g/mol. The van der Waals surface area contributed by atoms with E-state index in [-0.39, 0.29) is 5.82 Å². The molecule has 1 aliphatic rings. The fourth-order valence-electron chi connectivity index (χ4n) is 4.48. The summed E-state index contributed by atoms with van der Waals surface area (Å²) in [5.41, 5.74) is 5.04. The molecule has 5 rings (SSSR count). The molecule has 0 atom stereocenters. The summed E-state index contributed by atoms with van der Waals surface area (Å²) < 4.78 is 37.0. The lowest BCUT2D eigenvalue weighted by atomic mass is 10.0. The zero-order chi connectivity index (χ0) is 25.1. The summed E-state index contributed by atoms with van der Waals surface area (Å²) in [6.45, 7) is 3.55. The number of hydrogen-bond donors (Lipinski definition) is 0. The minimum absolute atomic E-state index is 0.232. The Hall–Kier alpha value is -3.75. The number of rotatable bonds is 7. The highest BCUT2D eigenvalue weighted by molar-refractivity contribution is 5.92. The molecule has 0 unspecified atom stereocenters. The highest BCUT2D eigenvalue weighted by atomic mass is 19.1. The third-order valence-corrected chi connectivity index (χ3v) is 6.40. The Morgan fingerprint density at radius 1 is 0.917 bits per heavy atom. The van der Waals surface area contributed by atoms with E-state index in [2.05, 4.69) is 9.88 Å². The molecule has 1 fully saturated rings. The molecule has 0 aliphatic carbocycles. The van der Waals surface area contributed by atoms with Gasteiger partial charge in [-0.1, -0.05) is 24.3 Å². The Bertz CT molecular complexity index is 1360. The summed E-state index contributed by atoms with van der Waals surface area (Å²) in [5.74, 6) is 1.33. The van der Waals surface area contributed by atoms with Gasteiger partial charge in [-0.3, -0.25) is 9.88 Å². The normalized spacial score (nSPS) is 14.1. The van der Waals surface area contributed by atoms with Crippen molar-refractivity contribution >= 4 is 11.0 Å². The summed E-state index contributed by atoms with van der Waals surface area (Å²) in [6.07, 6.45) is 1.71. The van der Waals surface area contributed by atoms with Gasteiger partial charge < -0.3 is 18.9 Å². The number of benzene rings is 3. The average molecular weight is 490 g/mol. The van der Waals surface area contributed by atoms with Gasteiger partial charge in [-0.25, -0.2) is 9.37 Å². The van der Waals surface area contributed by atoms with E-state index in [1.807, 2.05) is 42.5 Å². The van der Waals surface area contributed by atoms with Gasteiger partial charge in [0.2, 0.25) is 5.75 Å². The second-order valence-corrected chi connectivity index (χ2v) is 8.54. The van der Waals surface area contributed by atoms with Crippen molar-refractivity contribution in [2.45, 2.75) is 6.54 Å². The van der Waals surface area contributed by atoms with E-state index in [1.165, 1.54) is 0 Å². The molecular formula is C28H28FN3O4. The van der Waals surface area contributed by atoms with Crippen LogP contribution >= 0.6 is 0 Å². The summed E-state index contributed by atoms with van der Waals surface area (Å²) in [7, 11) is 4.71. The van der Waals surface area contributed by atoms with E-state index in [0.717, 1.165) is 35.3 Å². The molecule has 0 spiro atoms. The lowest BCUT2D eigenvalue weighted by Gasteiger charge is -2.26. The quantitative estimate of drug-likeness (QED) is 0.364. The molecule has 186 valence electrons. The Kier molecular flexibility index (Phi) is 6.97. The van der Waals surface area contributed by atoms with Gasteiger partial charge in [-0.15, -0.1) is 0 Å². The number of methoxy groups -OCH3 is 3. The van der Waals surface area contributed by atoms with Crippen molar-refractivity contribution < 1.29 is 23.3 Å². The molecule has 36 heavy (non-hydrogen) atoms. The zero-order valence-corrected chi connectivity index (χ0v) is 20.6. The van der Waals surface area contributed by atoms with E-state index < -0.39 is 0 Å². The number of morpholine rings is 1. The third kappa shape index (κ3) is 4.69. The van der Waals surface area contributed by atoms with Crippen molar-refractivity contribution in [2.75, 3.05) is 47.6 Å². The maximum Gasteiger partial charge on any atom is 0.203 e. The van der Waals surface area contributed by atoms with Crippen LogP contribution in [0.4, 0.5) is 4.39 Å². The van der Waals surface area contributed by atoms with E-state index in [4.69, 9.17) is 23.9 Å². The van der Waals surface area contributed by atoms with Crippen molar-refractivity contribution in [3.8, 4) is 39.6 Å². The molecule has 0 N–H and O–H groups in total. The molecule has 4 aromatic rings. The maximum absolute atomic E-state index is 15.1. The minimum Gasteiger partial charge on any atom is -0.493 e. The van der Waals surface area contributed by atoms with Crippen LogP contribution in [0.2, 0.25) is 0 Å². The number of aromatic nitrogens is 2. The maximum atomic E-state index is 15.1. The Balaban J connectivity index is 1.54. The smallest absolute Gasteiger partial charge is 0.203 e. The predicted molar refractivity (Wildman–Crippen MR) is 136 cm³/mol. The van der Waals surface area contributed by atoms with Crippen LogP contribution in [0, 0.1) is 5.82 Å². The summed E-state index contributed by atoms with van der Waals surface area (Å²) >= 11 is 0. The molecule has 0 bridgehead atoms. The fraction of sp³-hybridized carbons (Fsp3) is 0.286. The van der Waals surface area contributed by atoms with Crippen molar-refractivity contribution in [3.63, 3.8) is 0 Å². The first kappa shape index (κ1) is 24.0. The molecule has 7 nitrogen and oxygen atoms in total. The Morgan fingerprint density at radius 3 is 2.33 bits per heavy atom. The second kappa shape index (κ2) is 10.5. The first-order valence-corrected chi connectivity index (χ1v) is 11.8. The predicted octanol–water partition coefficient (Wildman–Crippen LogP) is 4.96. The largest absolute Gasteiger partial charge is 0.493 e. The van der Waals surface area contributed by atoms with Gasteiger partial charge in [0.1, 0.15) is 5.82 Å². The van der Waals surface area contributed by atoms with E-state index in [9.17, 15) is 0 Å². The van der Waals surface area contributed by atoms with Crippen molar-refractivity contribution in [2.24, 2.45) is 0 Å². The Labute approximate surface area is 209 Å². The molecule has 1 aromatic heterocycles. The van der Waals surface area contributed by atoms with Gasteiger partial charge in [-0.05, 0) is 29.8 Å². The third-order valence-electron chi connectivity index (χ3n) is 6.40. The number of fused-ring (bicyclic) bond motifs is 1. The van der Waals surface area contributed by atoms with Crippen molar-refractivity contribution in [1.29, 1.82) is 0 Å². The fourth-order valence-corrected chi connectivity index (χ4v) is 4.48. The summed E-state index contributed by atoms with van der Waals surface area (Å²) in [5, 5.41) is 0. The van der Waals surface area contributed by atoms with Gasteiger partial charge in [0.05, 0.1) is 57.5 Å². The van der Waals surface area contributed by atoms with Crippen LogP contribution in [0.1, 0.15) is 5.56 Å². The minimum atomic E-state index is -0.232. The van der Waals surface area contributed by atoms with E-state index in [1.54, 1.807) is 33.6 Å². The van der Waals surface area contributed by atoms with Crippen LogP contribution in [0.3, 0.4) is 0 Å². The van der Waals surface area contributed by atoms with Crippen molar-refractivity contribution in [1.82, 2.24) is 14.9 Å². The number of para-hydroxylation sites is 1. The van der Waals surface area contributed by atoms with Crippen LogP contribution in [-0.2, 0) is 11.3 Å². The van der Waals surface area contributed by atoms with Crippen LogP contribution < -0.4 is 14.2 Å². The molecule has 1 aliphatic heterocycles. The Morgan fingerprint density at radius 2 is 1.67 bits per heavy atom. The molecule has 0 radical (unpaired) electrons. The number of hydrogen-bond acceptors (Lipinski definition) is 7. The van der Waals surface area contributed by atoms with Crippen LogP contribution in [0.25, 0.3) is 33.4 Å². The van der Waals surface area contributed by atoms with E-state index in [0.29, 0.717) is 53.8 Å². The van der Waals surface area contributed by atoms with Crippen LogP contribution in [-0.4, -0.2) is 62.5 Å². The second-order valence-electron chi connectivity index (χ2n) is 8.54. The van der Waals surface area contributed by atoms with E-state index >= 15 is 4.39 Å². The molecular weight excluding hydrogens is 461 g/mol. The van der Waals surface area contributed by atoms with Gasteiger partial charge >= 0.3 is 0 Å². The molecule has 2 heterocycles. The van der Waals surface area contributed by atoms with Gasteiger partial charge in [0, 0.05) is 36.3 Å². The SMILES string of the molecule is COc1cc(-c2cnc3cccc(-c4ccc(CN5CCOCC5)c(F)c4)c3n2)cc(OC)c1OC. The summed E-state index contributed by atoms with van der Waals surface area (Å²) in [4.78, 5) is 11.7. The number of halogens is 1. The van der Waals surface area contributed by atoms with Crippen molar-refractivity contribution in [3.05, 3.63) is 66.1 Å². The highest BCUT2D eigenvalue weighted by Gasteiger charge is 2.17. The standard InChI is InChI=1S/C28H28FN3O4/c1-33-25-14-20(15-26(34-2)28(25)35-3)24-16-30-23-6-4-5-21(27(23)31-24)18-7-8-19(22(29)13-18)17-32-9-11-36-12-10-32/h4-8,13-16H,9-12,17H2,1-3H3. The molecule has 8 heteroatoms. The molecule has 1 saturated heterocycles.